The smallest absolute Gasteiger partial charge is 0.306 e. The maximum atomic E-state index is 11.4. The lowest BCUT2D eigenvalue weighted by Gasteiger charge is -2.38. The Bertz CT molecular complexity index is 1060. The molecule has 2 N–H and O–H groups in total. The highest BCUT2D eigenvalue weighted by Crippen LogP contribution is 2.35. The first-order valence-electron chi connectivity index (χ1n) is 11.5. The summed E-state index contributed by atoms with van der Waals surface area (Å²) in [5.41, 5.74) is 4.28. The van der Waals surface area contributed by atoms with Crippen LogP contribution < -0.4 is 5.32 Å². The molecule has 2 aliphatic rings. The van der Waals surface area contributed by atoms with Crippen molar-refractivity contribution in [1.29, 1.82) is 0 Å². The van der Waals surface area contributed by atoms with Crippen LogP contribution in [0.2, 0.25) is 15.1 Å². The number of rotatable bonds is 6. The molecule has 4 rings (SSSR count). The Kier molecular flexibility index (Phi) is 7.91. The number of hydrogen-bond donors (Lipinski definition) is 2. The molecule has 0 bridgehead atoms. The standard InChI is InChI=1S/C26H29Cl3N2O2/c1-16(22-7-6-20(27)15-24(22)29)30-25-14-18(5-8-23(25)28)17-9-11-31(12-10-17)21-4-2-3-19(13-21)26(32)33/h5-9,14-16,19,21,30H,2-4,10-13H2,1H3,(H,32,33). The van der Waals surface area contributed by atoms with Gasteiger partial charge in [0, 0.05) is 29.2 Å². The average Bonchev–Trinajstić information content (AvgIpc) is 2.80. The molecule has 1 saturated carbocycles. The Hall–Kier alpha value is -1.72. The predicted octanol–water partition coefficient (Wildman–Crippen LogP) is 7.55. The van der Waals surface area contributed by atoms with E-state index in [2.05, 4.69) is 28.4 Å². The Labute approximate surface area is 210 Å². The first-order valence-corrected chi connectivity index (χ1v) is 12.6. The topological polar surface area (TPSA) is 52.6 Å². The molecule has 3 atom stereocenters. The summed E-state index contributed by atoms with van der Waals surface area (Å²) < 4.78 is 0. The molecule has 176 valence electrons. The van der Waals surface area contributed by atoms with E-state index in [1.54, 1.807) is 6.07 Å². The normalized spacial score (nSPS) is 22.5. The molecular formula is C26H29Cl3N2O2. The molecule has 1 aliphatic carbocycles. The minimum absolute atomic E-state index is 0.0353. The van der Waals surface area contributed by atoms with Crippen LogP contribution in [0.5, 0.6) is 0 Å². The minimum atomic E-state index is -0.650. The van der Waals surface area contributed by atoms with E-state index < -0.39 is 5.97 Å². The van der Waals surface area contributed by atoms with Gasteiger partial charge in [0.15, 0.2) is 0 Å². The van der Waals surface area contributed by atoms with Gasteiger partial charge in [-0.05, 0) is 73.6 Å². The molecule has 0 saturated heterocycles. The molecule has 4 nitrogen and oxygen atoms in total. The van der Waals surface area contributed by atoms with Gasteiger partial charge in [0.25, 0.3) is 0 Å². The van der Waals surface area contributed by atoms with E-state index in [-0.39, 0.29) is 12.0 Å². The molecule has 3 unspecified atom stereocenters. The second-order valence-corrected chi connectivity index (χ2v) is 10.3. The van der Waals surface area contributed by atoms with Crippen LogP contribution in [0.1, 0.15) is 56.2 Å². The summed E-state index contributed by atoms with van der Waals surface area (Å²) in [6, 6.07) is 11.9. The lowest BCUT2D eigenvalue weighted by Crippen LogP contribution is -2.42. The summed E-state index contributed by atoms with van der Waals surface area (Å²) >= 11 is 18.9. The highest BCUT2D eigenvalue weighted by atomic mass is 35.5. The molecule has 0 spiro atoms. The van der Waals surface area contributed by atoms with Crippen molar-refractivity contribution in [2.75, 3.05) is 18.4 Å². The molecule has 1 heterocycles. The summed E-state index contributed by atoms with van der Waals surface area (Å²) in [6.45, 7) is 3.85. The summed E-state index contributed by atoms with van der Waals surface area (Å²) in [6.07, 6.45) is 6.87. The van der Waals surface area contributed by atoms with E-state index in [4.69, 9.17) is 34.8 Å². The SMILES string of the molecule is CC(Nc1cc(C2=CCN(C3CCCC(C(=O)O)C3)CC2)ccc1Cl)c1ccc(Cl)cc1Cl. The van der Waals surface area contributed by atoms with Crippen molar-refractivity contribution in [2.24, 2.45) is 5.92 Å². The van der Waals surface area contributed by atoms with Crippen molar-refractivity contribution in [3.8, 4) is 0 Å². The number of carboxylic acid groups (broad SMARTS) is 1. The van der Waals surface area contributed by atoms with Crippen LogP contribution in [0.25, 0.3) is 5.57 Å². The molecule has 0 aromatic heterocycles. The van der Waals surface area contributed by atoms with Crippen LogP contribution in [0.4, 0.5) is 5.69 Å². The highest BCUT2D eigenvalue weighted by molar-refractivity contribution is 6.35. The van der Waals surface area contributed by atoms with Gasteiger partial charge in [-0.2, -0.15) is 0 Å². The average molecular weight is 508 g/mol. The van der Waals surface area contributed by atoms with Gasteiger partial charge in [-0.3, -0.25) is 9.69 Å². The van der Waals surface area contributed by atoms with E-state index in [1.165, 1.54) is 5.57 Å². The van der Waals surface area contributed by atoms with Crippen molar-refractivity contribution >= 4 is 52.0 Å². The number of carbonyl (C=O) groups is 1. The maximum absolute atomic E-state index is 11.4. The van der Waals surface area contributed by atoms with Crippen LogP contribution in [-0.2, 0) is 4.79 Å². The second-order valence-electron chi connectivity index (χ2n) is 9.06. The third-order valence-corrected chi connectivity index (χ3v) is 7.78. The third-order valence-electron chi connectivity index (χ3n) is 6.89. The third kappa shape index (κ3) is 5.86. The van der Waals surface area contributed by atoms with Gasteiger partial charge in [0.2, 0.25) is 0 Å². The van der Waals surface area contributed by atoms with E-state index in [0.29, 0.717) is 21.1 Å². The van der Waals surface area contributed by atoms with Gasteiger partial charge >= 0.3 is 5.97 Å². The summed E-state index contributed by atoms with van der Waals surface area (Å²) in [5, 5.41) is 14.8. The summed E-state index contributed by atoms with van der Waals surface area (Å²) in [7, 11) is 0. The van der Waals surface area contributed by atoms with Crippen molar-refractivity contribution < 1.29 is 9.90 Å². The molecule has 1 fully saturated rings. The fourth-order valence-electron chi connectivity index (χ4n) is 5.00. The van der Waals surface area contributed by atoms with Crippen LogP contribution in [0, 0.1) is 5.92 Å². The molecular weight excluding hydrogens is 479 g/mol. The van der Waals surface area contributed by atoms with Crippen molar-refractivity contribution in [3.05, 3.63) is 68.7 Å². The van der Waals surface area contributed by atoms with Gasteiger partial charge in [-0.25, -0.2) is 0 Å². The number of anilines is 1. The quantitative estimate of drug-likeness (QED) is 0.424. The highest BCUT2D eigenvalue weighted by Gasteiger charge is 2.31. The van der Waals surface area contributed by atoms with Gasteiger partial charge in [0.05, 0.1) is 22.7 Å². The number of halogens is 3. The van der Waals surface area contributed by atoms with Gasteiger partial charge in [-0.15, -0.1) is 0 Å². The number of carboxylic acids is 1. The van der Waals surface area contributed by atoms with Gasteiger partial charge in [0.1, 0.15) is 0 Å². The predicted molar refractivity (Wildman–Crippen MR) is 138 cm³/mol. The number of hydrogen-bond acceptors (Lipinski definition) is 3. The van der Waals surface area contributed by atoms with E-state index >= 15 is 0 Å². The first-order chi connectivity index (χ1) is 15.8. The van der Waals surface area contributed by atoms with Crippen LogP contribution in [0.15, 0.2) is 42.5 Å². The zero-order chi connectivity index (χ0) is 23.5. The Morgan fingerprint density at radius 1 is 1.12 bits per heavy atom. The zero-order valence-electron chi connectivity index (χ0n) is 18.7. The van der Waals surface area contributed by atoms with Gasteiger partial charge in [-0.1, -0.05) is 59.4 Å². The van der Waals surface area contributed by atoms with E-state index in [0.717, 1.165) is 62.0 Å². The molecule has 33 heavy (non-hydrogen) atoms. The van der Waals surface area contributed by atoms with Crippen molar-refractivity contribution in [3.63, 3.8) is 0 Å². The number of aliphatic carboxylic acids is 1. The number of nitrogens with zero attached hydrogens (tertiary/aromatic N) is 1. The monoisotopic (exact) mass is 506 g/mol. The Morgan fingerprint density at radius 2 is 1.94 bits per heavy atom. The minimum Gasteiger partial charge on any atom is -0.481 e. The molecule has 1 aliphatic heterocycles. The Morgan fingerprint density at radius 3 is 2.64 bits per heavy atom. The molecule has 0 amide bonds. The second kappa shape index (κ2) is 10.7. The molecule has 2 aromatic carbocycles. The molecule has 2 aromatic rings. The van der Waals surface area contributed by atoms with Crippen LogP contribution in [0.3, 0.4) is 0 Å². The number of nitrogens with one attached hydrogen (secondary N) is 1. The maximum Gasteiger partial charge on any atom is 0.306 e. The lowest BCUT2D eigenvalue weighted by atomic mass is 9.84. The first kappa shape index (κ1) is 24.4. The van der Waals surface area contributed by atoms with E-state index in [1.807, 2.05) is 25.1 Å². The lowest BCUT2D eigenvalue weighted by molar-refractivity contribution is -0.143. The zero-order valence-corrected chi connectivity index (χ0v) is 20.9. The van der Waals surface area contributed by atoms with Crippen molar-refractivity contribution in [1.82, 2.24) is 4.90 Å². The summed E-state index contributed by atoms with van der Waals surface area (Å²) in [4.78, 5) is 13.9. The largest absolute Gasteiger partial charge is 0.481 e. The van der Waals surface area contributed by atoms with Crippen LogP contribution >= 0.6 is 34.8 Å². The molecule has 7 heteroatoms. The molecule has 0 radical (unpaired) electrons. The van der Waals surface area contributed by atoms with Gasteiger partial charge < -0.3 is 10.4 Å². The summed E-state index contributed by atoms with van der Waals surface area (Å²) in [5.74, 6) is -0.849. The van der Waals surface area contributed by atoms with Crippen molar-refractivity contribution in [2.45, 2.75) is 51.1 Å². The Balaban J connectivity index is 1.45. The fraction of sp³-hybridized carbons (Fsp3) is 0.423. The van der Waals surface area contributed by atoms with Crippen LogP contribution in [-0.4, -0.2) is 35.1 Å². The fourth-order valence-corrected chi connectivity index (χ4v) is 5.74. The number of benzene rings is 2. The van der Waals surface area contributed by atoms with E-state index in [9.17, 15) is 9.90 Å².